The number of aliphatic hydroxyl groups is 1. The molecule has 0 amide bonds. The molecule has 0 radical (unpaired) electrons. The van der Waals surface area contributed by atoms with Gasteiger partial charge in [-0.2, -0.15) is 5.06 Å². The molecule has 5 heteroatoms. The Morgan fingerprint density at radius 1 is 1.24 bits per heavy atom. The van der Waals surface area contributed by atoms with Crippen molar-refractivity contribution in [1.29, 1.82) is 0 Å². The van der Waals surface area contributed by atoms with E-state index in [-0.39, 0.29) is 29.8 Å². The Morgan fingerprint density at radius 2 is 1.71 bits per heavy atom. The fourth-order valence-electron chi connectivity index (χ4n) is 3.10. The molecule has 124 valence electrons. The molecule has 0 aromatic carbocycles. The van der Waals surface area contributed by atoms with Gasteiger partial charge in [0.15, 0.2) is 0 Å². The van der Waals surface area contributed by atoms with Crippen molar-refractivity contribution in [3.63, 3.8) is 0 Å². The Kier molecular flexibility index (Phi) is 5.45. The summed E-state index contributed by atoms with van der Waals surface area (Å²) in [5, 5.41) is 11.8. The smallest absolute Gasteiger partial charge is 0.305 e. The van der Waals surface area contributed by atoms with Crippen molar-refractivity contribution in [3.05, 3.63) is 0 Å². The molecule has 0 atom stereocenters. The number of hydroxylamine groups is 2. The molecule has 5 nitrogen and oxygen atoms in total. The van der Waals surface area contributed by atoms with Crippen molar-refractivity contribution >= 4 is 5.97 Å². The van der Waals surface area contributed by atoms with Gasteiger partial charge in [-0.25, -0.2) is 0 Å². The lowest BCUT2D eigenvalue weighted by atomic mass is 9.80. The first kappa shape index (κ1) is 18.4. The van der Waals surface area contributed by atoms with E-state index in [4.69, 9.17) is 9.57 Å². The molecule has 1 aliphatic heterocycles. The van der Waals surface area contributed by atoms with Crippen LogP contribution in [-0.2, 0) is 14.4 Å². The quantitative estimate of drug-likeness (QED) is 0.791. The van der Waals surface area contributed by atoms with Gasteiger partial charge in [-0.15, -0.1) is 0 Å². The molecule has 0 aliphatic carbocycles. The fourth-order valence-corrected chi connectivity index (χ4v) is 3.10. The first-order valence-electron chi connectivity index (χ1n) is 7.72. The summed E-state index contributed by atoms with van der Waals surface area (Å²) in [6.45, 7) is 13.8. The summed E-state index contributed by atoms with van der Waals surface area (Å²) in [4.78, 5) is 17.4. The highest BCUT2D eigenvalue weighted by molar-refractivity contribution is 5.69. The van der Waals surface area contributed by atoms with Crippen LogP contribution in [0.1, 0.15) is 67.7 Å². The van der Waals surface area contributed by atoms with Gasteiger partial charge >= 0.3 is 5.97 Å². The third-order valence-corrected chi connectivity index (χ3v) is 3.69. The third kappa shape index (κ3) is 5.24. The largest absolute Gasteiger partial charge is 0.462 e. The average molecular weight is 301 g/mol. The van der Waals surface area contributed by atoms with Gasteiger partial charge in [0.25, 0.3) is 0 Å². The number of ether oxygens (including phenoxy) is 1. The van der Waals surface area contributed by atoms with E-state index in [0.29, 0.717) is 19.3 Å². The number of carbonyl (C=O) groups excluding carboxylic acids is 1. The van der Waals surface area contributed by atoms with Crippen molar-refractivity contribution in [3.8, 4) is 0 Å². The molecule has 1 heterocycles. The number of rotatable bonds is 5. The van der Waals surface area contributed by atoms with Crippen LogP contribution in [0.2, 0.25) is 0 Å². The summed E-state index contributed by atoms with van der Waals surface area (Å²) in [6, 6.07) is 0. The molecular weight excluding hydrogens is 270 g/mol. The maximum absolute atomic E-state index is 11.5. The van der Waals surface area contributed by atoms with Gasteiger partial charge < -0.3 is 9.84 Å². The molecule has 0 saturated carbocycles. The Labute approximate surface area is 128 Å². The summed E-state index contributed by atoms with van der Waals surface area (Å²) in [6.07, 6.45) is 1.74. The van der Waals surface area contributed by atoms with Crippen LogP contribution in [0.4, 0.5) is 0 Å². The SMILES string of the molecule is CCC(=O)OC1CC(C)(C)N(OCC(C)(C)O)C(C)(C)C1. The van der Waals surface area contributed by atoms with Crippen molar-refractivity contribution in [1.82, 2.24) is 5.06 Å². The highest BCUT2D eigenvalue weighted by Crippen LogP contribution is 2.40. The fraction of sp³-hybridized carbons (Fsp3) is 0.938. The van der Waals surface area contributed by atoms with Crippen molar-refractivity contribution in [2.24, 2.45) is 0 Å². The zero-order chi connectivity index (χ0) is 16.5. The van der Waals surface area contributed by atoms with Gasteiger partial charge in [-0.3, -0.25) is 9.63 Å². The van der Waals surface area contributed by atoms with Crippen LogP contribution >= 0.6 is 0 Å². The second kappa shape index (κ2) is 6.23. The number of carbonyl (C=O) groups is 1. The van der Waals surface area contributed by atoms with E-state index in [2.05, 4.69) is 27.7 Å². The minimum atomic E-state index is -0.877. The maximum Gasteiger partial charge on any atom is 0.305 e. The number of nitrogens with zero attached hydrogens (tertiary/aromatic N) is 1. The van der Waals surface area contributed by atoms with Crippen molar-refractivity contribution in [2.45, 2.75) is 90.5 Å². The Balaban J connectivity index is 2.81. The van der Waals surface area contributed by atoms with Crippen LogP contribution in [0.3, 0.4) is 0 Å². The van der Waals surface area contributed by atoms with Crippen LogP contribution in [0, 0.1) is 0 Å². The molecule has 21 heavy (non-hydrogen) atoms. The summed E-state index contributed by atoms with van der Waals surface area (Å²) >= 11 is 0. The summed E-state index contributed by atoms with van der Waals surface area (Å²) in [5.41, 5.74) is -1.42. The van der Waals surface area contributed by atoms with E-state index in [9.17, 15) is 9.90 Å². The molecule has 0 aromatic rings. The predicted molar refractivity (Wildman–Crippen MR) is 81.7 cm³/mol. The van der Waals surface area contributed by atoms with Crippen LogP contribution < -0.4 is 0 Å². The zero-order valence-electron chi connectivity index (χ0n) is 14.5. The molecule has 1 N–H and O–H groups in total. The average Bonchev–Trinajstić information content (AvgIpc) is 2.23. The van der Waals surface area contributed by atoms with E-state index >= 15 is 0 Å². The lowest BCUT2D eigenvalue weighted by Crippen LogP contribution is -2.62. The highest BCUT2D eigenvalue weighted by atomic mass is 16.7. The summed E-state index contributed by atoms with van der Waals surface area (Å²) in [7, 11) is 0. The second-order valence-electron chi connectivity index (χ2n) is 7.88. The minimum Gasteiger partial charge on any atom is -0.462 e. The first-order chi connectivity index (χ1) is 9.37. The minimum absolute atomic E-state index is 0.0931. The van der Waals surface area contributed by atoms with Gasteiger partial charge in [0.1, 0.15) is 6.10 Å². The van der Waals surface area contributed by atoms with Gasteiger partial charge in [-0.1, -0.05) is 6.92 Å². The molecule has 1 saturated heterocycles. The molecule has 0 bridgehead atoms. The standard InChI is InChI=1S/C16H31NO4/c1-8-13(18)21-12-9-14(2,3)17(15(4,5)10-12)20-11-16(6,7)19/h12,19H,8-11H2,1-7H3. The van der Waals surface area contributed by atoms with Crippen molar-refractivity contribution < 1.29 is 19.5 Å². The van der Waals surface area contributed by atoms with Gasteiger partial charge in [0, 0.05) is 30.3 Å². The monoisotopic (exact) mass is 301 g/mol. The van der Waals surface area contributed by atoms with Crippen LogP contribution in [0.15, 0.2) is 0 Å². The van der Waals surface area contributed by atoms with Gasteiger partial charge in [0.2, 0.25) is 0 Å². The third-order valence-electron chi connectivity index (χ3n) is 3.69. The van der Waals surface area contributed by atoms with E-state index in [1.165, 1.54) is 0 Å². The number of esters is 1. The maximum atomic E-state index is 11.5. The number of hydrogen-bond acceptors (Lipinski definition) is 5. The van der Waals surface area contributed by atoms with Crippen LogP contribution in [-0.4, -0.2) is 45.5 Å². The number of piperidine rings is 1. The molecule has 1 fully saturated rings. The number of hydrogen-bond donors (Lipinski definition) is 1. The predicted octanol–water partition coefficient (Wildman–Crippen LogP) is 2.66. The highest BCUT2D eigenvalue weighted by Gasteiger charge is 2.48. The molecule has 0 unspecified atom stereocenters. The van der Waals surface area contributed by atoms with Crippen molar-refractivity contribution in [2.75, 3.05) is 6.61 Å². The van der Waals surface area contributed by atoms with Crippen LogP contribution in [0.25, 0.3) is 0 Å². The van der Waals surface area contributed by atoms with Gasteiger partial charge in [-0.05, 0) is 41.5 Å². The molecule has 1 aliphatic rings. The second-order valence-corrected chi connectivity index (χ2v) is 7.88. The van der Waals surface area contributed by atoms with Crippen LogP contribution in [0.5, 0.6) is 0 Å². The first-order valence-corrected chi connectivity index (χ1v) is 7.72. The lowest BCUT2D eigenvalue weighted by Gasteiger charge is -2.53. The van der Waals surface area contributed by atoms with Gasteiger partial charge in [0.05, 0.1) is 12.2 Å². The molecule has 1 rings (SSSR count). The molecule has 0 aromatic heterocycles. The lowest BCUT2D eigenvalue weighted by molar-refractivity contribution is -0.306. The normalized spacial score (nSPS) is 23.0. The summed E-state index contributed by atoms with van der Waals surface area (Å²) in [5.74, 6) is -0.155. The Bertz CT molecular complexity index is 353. The Morgan fingerprint density at radius 3 is 2.10 bits per heavy atom. The van der Waals surface area contributed by atoms with E-state index < -0.39 is 5.60 Å². The van der Waals surface area contributed by atoms with E-state index in [1.807, 2.05) is 5.06 Å². The topological polar surface area (TPSA) is 59.0 Å². The summed E-state index contributed by atoms with van der Waals surface area (Å²) < 4.78 is 5.53. The van der Waals surface area contributed by atoms with E-state index in [1.54, 1.807) is 20.8 Å². The Hall–Kier alpha value is -0.650. The molecule has 0 spiro atoms. The zero-order valence-corrected chi connectivity index (χ0v) is 14.5. The van der Waals surface area contributed by atoms with E-state index in [0.717, 1.165) is 0 Å². The molecular formula is C16H31NO4.